The molecule has 0 aliphatic rings. The monoisotopic (exact) mass is 378 g/mol. The Hall–Kier alpha value is -2.22. The first kappa shape index (κ1) is 20.1. The minimum absolute atomic E-state index is 0.0362. The van der Waals surface area contributed by atoms with E-state index in [-0.39, 0.29) is 29.7 Å². The lowest BCUT2D eigenvalue weighted by molar-refractivity contribution is -0.133. The molecule has 1 aromatic heterocycles. The fourth-order valence-electron chi connectivity index (χ4n) is 2.29. The molecule has 0 spiro atoms. The Morgan fingerprint density at radius 2 is 2.08 bits per heavy atom. The van der Waals surface area contributed by atoms with E-state index in [2.05, 4.69) is 15.3 Å². The van der Waals surface area contributed by atoms with Gasteiger partial charge in [0, 0.05) is 18.7 Å². The number of nitrogens with zero attached hydrogens (tertiary/aromatic N) is 2. The number of ether oxygens (including phenoxy) is 1. The molecule has 26 heavy (non-hydrogen) atoms. The molecule has 7 nitrogen and oxygen atoms in total. The van der Waals surface area contributed by atoms with Gasteiger partial charge in [0.1, 0.15) is 5.75 Å². The number of fused-ring (bicyclic) bond motifs is 1. The van der Waals surface area contributed by atoms with Crippen LogP contribution < -0.4 is 10.1 Å². The molecule has 2 rings (SSSR count). The van der Waals surface area contributed by atoms with E-state index in [1.165, 1.54) is 16.7 Å². The summed E-state index contributed by atoms with van der Waals surface area (Å²) >= 11 is 1.31. The number of thioether (sulfide) groups is 1. The molecule has 1 aromatic carbocycles. The highest BCUT2D eigenvalue weighted by Crippen LogP contribution is 2.23. The first-order valence-corrected chi connectivity index (χ1v) is 9.47. The van der Waals surface area contributed by atoms with Crippen molar-refractivity contribution >= 4 is 34.6 Å². The maximum Gasteiger partial charge on any atom is 0.240 e. The molecule has 0 saturated heterocycles. The fourth-order valence-corrected chi connectivity index (χ4v) is 3.12. The molecule has 8 heteroatoms. The van der Waals surface area contributed by atoms with Crippen LogP contribution in [0.4, 0.5) is 0 Å². The van der Waals surface area contributed by atoms with Crippen LogP contribution in [0.15, 0.2) is 23.4 Å². The van der Waals surface area contributed by atoms with Gasteiger partial charge in [-0.2, -0.15) is 0 Å². The number of H-pyrrole nitrogens is 1. The third-order valence-corrected chi connectivity index (χ3v) is 4.25. The van der Waals surface area contributed by atoms with E-state index in [0.29, 0.717) is 11.8 Å². The molecule has 0 aliphatic heterocycles. The standard InChI is InChI=1S/C18H26N4O3S/c1-6-25-12-7-8-13-14(9-12)20-17(19-13)26-11-16(24)22(5)10-15(23)21-18(2,3)4/h7-9H,6,10-11H2,1-5H3,(H,19,20)(H,21,23). The lowest BCUT2D eigenvalue weighted by Crippen LogP contribution is -2.46. The summed E-state index contributed by atoms with van der Waals surface area (Å²) in [5.74, 6) is 0.679. The van der Waals surface area contributed by atoms with Crippen LogP contribution >= 0.6 is 11.8 Å². The lowest BCUT2D eigenvalue weighted by atomic mass is 10.1. The molecular weight excluding hydrogens is 352 g/mol. The smallest absolute Gasteiger partial charge is 0.240 e. The van der Waals surface area contributed by atoms with Gasteiger partial charge in [-0.1, -0.05) is 11.8 Å². The van der Waals surface area contributed by atoms with E-state index in [1.54, 1.807) is 7.05 Å². The fraction of sp³-hybridized carbons (Fsp3) is 0.500. The van der Waals surface area contributed by atoms with E-state index in [4.69, 9.17) is 4.74 Å². The molecular formula is C18H26N4O3S. The molecule has 0 saturated carbocycles. The number of carbonyl (C=O) groups is 2. The van der Waals surface area contributed by atoms with Crippen molar-refractivity contribution in [2.75, 3.05) is 26.0 Å². The first-order valence-electron chi connectivity index (χ1n) is 8.48. The minimum atomic E-state index is -0.315. The third-order valence-electron chi connectivity index (χ3n) is 3.40. The van der Waals surface area contributed by atoms with Gasteiger partial charge in [0.25, 0.3) is 0 Å². The number of amides is 2. The van der Waals surface area contributed by atoms with E-state index >= 15 is 0 Å². The Labute approximate surface area is 157 Å². The first-order chi connectivity index (χ1) is 12.2. The van der Waals surface area contributed by atoms with Gasteiger partial charge in [-0.15, -0.1) is 0 Å². The summed E-state index contributed by atoms with van der Waals surface area (Å²) in [7, 11) is 1.62. The molecule has 0 radical (unpaired) electrons. The summed E-state index contributed by atoms with van der Waals surface area (Å²) in [5, 5.41) is 3.50. The van der Waals surface area contributed by atoms with Crippen molar-refractivity contribution in [3.8, 4) is 5.75 Å². The summed E-state index contributed by atoms with van der Waals surface area (Å²) in [4.78, 5) is 33.2. The Bertz CT molecular complexity index is 782. The van der Waals surface area contributed by atoms with Crippen molar-refractivity contribution < 1.29 is 14.3 Å². The molecule has 0 bridgehead atoms. The number of aromatic nitrogens is 2. The SMILES string of the molecule is CCOc1ccc2nc(SCC(=O)N(C)CC(=O)NC(C)(C)C)[nH]c2c1. The predicted octanol–water partition coefficient (Wildman–Crippen LogP) is 2.43. The van der Waals surface area contributed by atoms with E-state index in [0.717, 1.165) is 16.8 Å². The number of rotatable bonds is 7. The molecule has 142 valence electrons. The zero-order chi connectivity index (χ0) is 19.3. The second-order valence-electron chi connectivity index (χ2n) is 6.99. The Morgan fingerprint density at radius 1 is 1.35 bits per heavy atom. The van der Waals surface area contributed by atoms with Gasteiger partial charge in [0.05, 0.1) is 29.9 Å². The number of imidazole rings is 1. The van der Waals surface area contributed by atoms with Gasteiger partial charge >= 0.3 is 0 Å². The zero-order valence-electron chi connectivity index (χ0n) is 15.9. The molecule has 2 aromatic rings. The van der Waals surface area contributed by atoms with Crippen molar-refractivity contribution in [3.05, 3.63) is 18.2 Å². The Kier molecular flexibility index (Phi) is 6.52. The molecule has 0 aliphatic carbocycles. The normalized spacial score (nSPS) is 11.4. The Morgan fingerprint density at radius 3 is 2.73 bits per heavy atom. The minimum Gasteiger partial charge on any atom is -0.494 e. The van der Waals surface area contributed by atoms with Crippen LogP contribution in [0.5, 0.6) is 5.75 Å². The number of likely N-dealkylation sites (N-methyl/N-ethyl adjacent to an activating group) is 1. The second-order valence-corrected chi connectivity index (χ2v) is 7.95. The van der Waals surface area contributed by atoms with E-state index in [1.807, 2.05) is 45.9 Å². The molecule has 2 amide bonds. The molecule has 0 unspecified atom stereocenters. The van der Waals surface area contributed by atoms with Crippen molar-refractivity contribution in [2.45, 2.75) is 38.4 Å². The summed E-state index contributed by atoms with van der Waals surface area (Å²) in [6.07, 6.45) is 0. The maximum atomic E-state index is 12.2. The summed E-state index contributed by atoms with van der Waals surface area (Å²) < 4.78 is 5.47. The third kappa shape index (κ3) is 5.94. The van der Waals surface area contributed by atoms with Crippen molar-refractivity contribution in [1.82, 2.24) is 20.2 Å². The zero-order valence-corrected chi connectivity index (χ0v) is 16.7. The van der Waals surface area contributed by atoms with Crippen LogP contribution in [-0.4, -0.2) is 58.2 Å². The highest BCUT2D eigenvalue weighted by Gasteiger charge is 2.18. The van der Waals surface area contributed by atoms with Crippen molar-refractivity contribution in [3.63, 3.8) is 0 Å². The lowest BCUT2D eigenvalue weighted by Gasteiger charge is -2.23. The maximum absolute atomic E-state index is 12.2. The highest BCUT2D eigenvalue weighted by molar-refractivity contribution is 7.99. The van der Waals surface area contributed by atoms with Crippen LogP contribution in [0.2, 0.25) is 0 Å². The molecule has 1 heterocycles. The Balaban J connectivity index is 1.90. The van der Waals surface area contributed by atoms with Crippen LogP contribution in [-0.2, 0) is 9.59 Å². The largest absolute Gasteiger partial charge is 0.494 e. The van der Waals surface area contributed by atoms with E-state index in [9.17, 15) is 9.59 Å². The number of benzene rings is 1. The van der Waals surface area contributed by atoms with Crippen molar-refractivity contribution in [1.29, 1.82) is 0 Å². The molecule has 0 atom stereocenters. The average molecular weight is 378 g/mol. The van der Waals surface area contributed by atoms with Crippen LogP contribution in [0.1, 0.15) is 27.7 Å². The van der Waals surface area contributed by atoms with Gasteiger partial charge in [0.15, 0.2) is 5.16 Å². The highest BCUT2D eigenvalue weighted by atomic mass is 32.2. The number of nitrogens with one attached hydrogen (secondary N) is 2. The topological polar surface area (TPSA) is 87.3 Å². The van der Waals surface area contributed by atoms with Gasteiger partial charge in [0.2, 0.25) is 11.8 Å². The summed E-state index contributed by atoms with van der Waals surface area (Å²) in [5.41, 5.74) is 1.37. The molecule has 2 N–H and O–H groups in total. The predicted molar refractivity (Wildman–Crippen MR) is 104 cm³/mol. The van der Waals surface area contributed by atoms with Gasteiger partial charge < -0.3 is 19.9 Å². The van der Waals surface area contributed by atoms with E-state index < -0.39 is 0 Å². The van der Waals surface area contributed by atoms with Gasteiger partial charge in [-0.05, 0) is 39.8 Å². The number of hydrogen-bond donors (Lipinski definition) is 2. The van der Waals surface area contributed by atoms with Gasteiger partial charge in [-0.25, -0.2) is 4.98 Å². The average Bonchev–Trinajstić information content (AvgIpc) is 2.93. The summed E-state index contributed by atoms with van der Waals surface area (Å²) in [6.45, 7) is 8.28. The summed E-state index contributed by atoms with van der Waals surface area (Å²) in [6, 6.07) is 5.64. The molecule has 0 fully saturated rings. The number of aromatic amines is 1. The van der Waals surface area contributed by atoms with Gasteiger partial charge in [-0.3, -0.25) is 9.59 Å². The van der Waals surface area contributed by atoms with Crippen LogP contribution in [0.3, 0.4) is 0 Å². The van der Waals surface area contributed by atoms with Crippen LogP contribution in [0, 0.1) is 0 Å². The quantitative estimate of drug-likeness (QED) is 0.723. The number of hydrogen-bond acceptors (Lipinski definition) is 5. The van der Waals surface area contributed by atoms with Crippen LogP contribution in [0.25, 0.3) is 11.0 Å². The second kappa shape index (κ2) is 8.44. The number of carbonyl (C=O) groups excluding carboxylic acids is 2. The van der Waals surface area contributed by atoms with Crippen molar-refractivity contribution in [2.24, 2.45) is 0 Å².